The normalized spacial score (nSPS) is 10.1. The Hall–Kier alpha value is -1.88. The van der Waals surface area contributed by atoms with Crippen LogP contribution in [0.5, 0.6) is 5.75 Å². The molecule has 0 aliphatic rings. The van der Waals surface area contributed by atoms with Gasteiger partial charge >= 0.3 is 0 Å². The molecule has 1 aromatic heterocycles. The number of amides is 1. The molecule has 0 saturated carbocycles. The zero-order valence-electron chi connectivity index (χ0n) is 9.43. The van der Waals surface area contributed by atoms with Crippen molar-refractivity contribution >= 4 is 21.8 Å². The van der Waals surface area contributed by atoms with Gasteiger partial charge in [0.25, 0.3) is 5.91 Å². The molecule has 0 fully saturated rings. The number of aromatic hydroxyl groups is 1. The van der Waals surface area contributed by atoms with E-state index in [1.807, 2.05) is 24.3 Å². The van der Waals surface area contributed by atoms with Crippen LogP contribution in [0.2, 0.25) is 0 Å². The van der Waals surface area contributed by atoms with Crippen molar-refractivity contribution in [3.63, 3.8) is 0 Å². The molecule has 0 aliphatic heterocycles. The Morgan fingerprint density at radius 2 is 2.11 bits per heavy atom. The van der Waals surface area contributed by atoms with Crippen molar-refractivity contribution in [2.75, 3.05) is 0 Å². The lowest BCUT2D eigenvalue weighted by atomic mass is 10.2. The van der Waals surface area contributed by atoms with E-state index in [0.29, 0.717) is 6.54 Å². The van der Waals surface area contributed by atoms with Crippen LogP contribution in [0, 0.1) is 0 Å². The second-order valence-electron chi connectivity index (χ2n) is 3.67. The first kappa shape index (κ1) is 12.6. The maximum atomic E-state index is 11.8. The van der Waals surface area contributed by atoms with Crippen molar-refractivity contribution in [2.24, 2.45) is 0 Å². The molecule has 4 nitrogen and oxygen atoms in total. The van der Waals surface area contributed by atoms with E-state index in [9.17, 15) is 9.90 Å². The predicted octanol–water partition coefficient (Wildman–Crippen LogP) is 2.48. The van der Waals surface area contributed by atoms with Gasteiger partial charge < -0.3 is 10.4 Å². The molecule has 1 amide bonds. The zero-order valence-corrected chi connectivity index (χ0v) is 11.0. The van der Waals surface area contributed by atoms with Crippen LogP contribution >= 0.6 is 15.9 Å². The Kier molecular flexibility index (Phi) is 3.94. The fourth-order valence-electron chi connectivity index (χ4n) is 1.49. The Bertz CT molecular complexity index is 572. The van der Waals surface area contributed by atoms with Crippen molar-refractivity contribution in [3.8, 4) is 5.75 Å². The van der Waals surface area contributed by atoms with Crippen molar-refractivity contribution in [2.45, 2.75) is 6.54 Å². The number of aromatic nitrogens is 1. The van der Waals surface area contributed by atoms with Gasteiger partial charge in [0, 0.05) is 17.2 Å². The number of hydrogen-bond acceptors (Lipinski definition) is 3. The van der Waals surface area contributed by atoms with E-state index in [2.05, 4.69) is 26.2 Å². The van der Waals surface area contributed by atoms with E-state index in [1.54, 1.807) is 0 Å². The first-order valence-electron chi connectivity index (χ1n) is 5.33. The van der Waals surface area contributed by atoms with Gasteiger partial charge in [-0.1, -0.05) is 34.1 Å². The van der Waals surface area contributed by atoms with Crippen molar-refractivity contribution in [1.82, 2.24) is 10.3 Å². The van der Waals surface area contributed by atoms with Gasteiger partial charge in [-0.05, 0) is 17.7 Å². The number of hydrogen-bond donors (Lipinski definition) is 2. The van der Waals surface area contributed by atoms with Crippen LogP contribution in [-0.4, -0.2) is 16.0 Å². The summed E-state index contributed by atoms with van der Waals surface area (Å²) in [5, 5.41) is 12.2. The molecule has 0 spiro atoms. The predicted molar refractivity (Wildman–Crippen MR) is 71.2 cm³/mol. The second kappa shape index (κ2) is 5.64. The molecule has 1 aromatic carbocycles. The van der Waals surface area contributed by atoms with Crippen molar-refractivity contribution < 1.29 is 9.90 Å². The highest BCUT2D eigenvalue weighted by molar-refractivity contribution is 9.10. The number of nitrogens with one attached hydrogen (secondary N) is 1. The summed E-state index contributed by atoms with van der Waals surface area (Å²) < 4.78 is 0.934. The summed E-state index contributed by atoms with van der Waals surface area (Å²) in [6.07, 6.45) is 2.71. The number of carbonyl (C=O) groups excluding carboxylic acids is 1. The van der Waals surface area contributed by atoms with E-state index >= 15 is 0 Å². The van der Waals surface area contributed by atoms with Gasteiger partial charge in [0.15, 0.2) is 0 Å². The fourth-order valence-corrected chi connectivity index (χ4v) is 1.92. The SMILES string of the molecule is O=C(NCc1ccccc1Br)c1ccncc1O. The molecule has 0 radical (unpaired) electrons. The van der Waals surface area contributed by atoms with Gasteiger partial charge in [0.2, 0.25) is 0 Å². The molecule has 2 aromatic rings. The highest BCUT2D eigenvalue weighted by Crippen LogP contribution is 2.17. The molecule has 0 saturated heterocycles. The van der Waals surface area contributed by atoms with Crippen LogP contribution in [-0.2, 0) is 6.54 Å². The summed E-state index contributed by atoms with van der Waals surface area (Å²) in [7, 11) is 0. The van der Waals surface area contributed by atoms with Crippen LogP contribution < -0.4 is 5.32 Å². The van der Waals surface area contributed by atoms with Gasteiger partial charge in [-0.2, -0.15) is 0 Å². The quantitative estimate of drug-likeness (QED) is 0.916. The lowest BCUT2D eigenvalue weighted by molar-refractivity contribution is 0.0948. The van der Waals surface area contributed by atoms with Crippen LogP contribution in [0.1, 0.15) is 15.9 Å². The minimum absolute atomic E-state index is 0.123. The zero-order chi connectivity index (χ0) is 13.0. The Morgan fingerprint density at radius 1 is 1.33 bits per heavy atom. The first-order valence-corrected chi connectivity index (χ1v) is 6.12. The molecular formula is C13H11BrN2O2. The van der Waals surface area contributed by atoms with Crippen LogP contribution in [0.25, 0.3) is 0 Å². The summed E-state index contributed by atoms with van der Waals surface area (Å²) >= 11 is 3.41. The average molecular weight is 307 g/mol. The third-order valence-electron chi connectivity index (χ3n) is 2.44. The maximum Gasteiger partial charge on any atom is 0.255 e. The smallest absolute Gasteiger partial charge is 0.255 e. The summed E-state index contributed by atoms with van der Waals surface area (Å²) in [5.41, 5.74) is 1.19. The minimum Gasteiger partial charge on any atom is -0.505 e. The van der Waals surface area contributed by atoms with E-state index in [-0.39, 0.29) is 17.2 Å². The highest BCUT2D eigenvalue weighted by Gasteiger charge is 2.10. The standard InChI is InChI=1S/C13H11BrN2O2/c14-11-4-2-1-3-9(11)7-16-13(18)10-5-6-15-8-12(10)17/h1-6,8,17H,7H2,(H,16,18). The molecule has 0 unspecified atom stereocenters. The number of halogens is 1. The molecule has 0 aliphatic carbocycles. The molecule has 0 atom stereocenters. The second-order valence-corrected chi connectivity index (χ2v) is 4.52. The largest absolute Gasteiger partial charge is 0.505 e. The summed E-state index contributed by atoms with van der Waals surface area (Å²) in [6, 6.07) is 9.10. The van der Waals surface area contributed by atoms with Gasteiger partial charge in [0.1, 0.15) is 5.75 Å². The van der Waals surface area contributed by atoms with Crippen LogP contribution in [0.4, 0.5) is 0 Å². The Balaban J connectivity index is 2.06. The summed E-state index contributed by atoms with van der Waals surface area (Å²) in [4.78, 5) is 15.6. The summed E-state index contributed by atoms with van der Waals surface area (Å²) in [6.45, 7) is 0.391. The van der Waals surface area contributed by atoms with E-state index in [4.69, 9.17) is 0 Å². The molecule has 5 heteroatoms. The topological polar surface area (TPSA) is 62.2 Å². The lowest BCUT2D eigenvalue weighted by Gasteiger charge is -2.07. The maximum absolute atomic E-state index is 11.8. The van der Waals surface area contributed by atoms with E-state index < -0.39 is 0 Å². The average Bonchev–Trinajstić information content (AvgIpc) is 2.38. The van der Waals surface area contributed by atoms with Crippen LogP contribution in [0.3, 0.4) is 0 Å². The molecule has 2 N–H and O–H groups in total. The highest BCUT2D eigenvalue weighted by atomic mass is 79.9. The van der Waals surface area contributed by atoms with Gasteiger partial charge in [-0.15, -0.1) is 0 Å². The number of nitrogens with zero attached hydrogens (tertiary/aromatic N) is 1. The third-order valence-corrected chi connectivity index (χ3v) is 3.22. The van der Waals surface area contributed by atoms with E-state index in [1.165, 1.54) is 18.5 Å². The lowest BCUT2D eigenvalue weighted by Crippen LogP contribution is -2.23. The van der Waals surface area contributed by atoms with Gasteiger partial charge in [0.05, 0.1) is 11.8 Å². The summed E-state index contributed by atoms with van der Waals surface area (Å²) in [5.74, 6) is -0.451. The van der Waals surface area contributed by atoms with Crippen LogP contribution in [0.15, 0.2) is 47.2 Å². The Morgan fingerprint density at radius 3 is 2.83 bits per heavy atom. The van der Waals surface area contributed by atoms with Crippen molar-refractivity contribution in [1.29, 1.82) is 0 Å². The third kappa shape index (κ3) is 2.87. The monoisotopic (exact) mass is 306 g/mol. The number of pyridine rings is 1. The minimum atomic E-state index is -0.328. The Labute approximate surface area is 113 Å². The first-order chi connectivity index (χ1) is 8.68. The van der Waals surface area contributed by atoms with Gasteiger partial charge in [-0.3, -0.25) is 9.78 Å². The molecule has 2 rings (SSSR count). The number of carbonyl (C=O) groups is 1. The van der Waals surface area contributed by atoms with E-state index in [0.717, 1.165) is 10.0 Å². The fraction of sp³-hybridized carbons (Fsp3) is 0.0769. The molecule has 18 heavy (non-hydrogen) atoms. The van der Waals surface area contributed by atoms with Crippen molar-refractivity contribution in [3.05, 3.63) is 58.3 Å². The number of rotatable bonds is 3. The van der Waals surface area contributed by atoms with Gasteiger partial charge in [-0.25, -0.2) is 0 Å². The molecule has 92 valence electrons. The molecule has 1 heterocycles. The molecular weight excluding hydrogens is 296 g/mol. The molecule has 0 bridgehead atoms. The number of benzene rings is 1.